The second kappa shape index (κ2) is 9.19. The number of benzene rings is 2. The Balaban J connectivity index is 1.70. The molecule has 0 saturated carbocycles. The molecule has 34 heavy (non-hydrogen) atoms. The van der Waals surface area contributed by atoms with Gasteiger partial charge in [-0.05, 0) is 67.2 Å². The van der Waals surface area contributed by atoms with Crippen molar-refractivity contribution in [3.8, 4) is 17.2 Å². The van der Waals surface area contributed by atoms with Crippen LogP contribution in [0.15, 0.2) is 85.2 Å². The normalized spacial score (nSPS) is 17.5. The molecule has 4 aromatic rings. The van der Waals surface area contributed by atoms with E-state index in [0.29, 0.717) is 10.9 Å². The molecule has 172 valence electrons. The molecule has 2 unspecified atom stereocenters. The minimum atomic E-state index is -0.167. The van der Waals surface area contributed by atoms with Gasteiger partial charge in [-0.15, -0.1) is 0 Å². The summed E-state index contributed by atoms with van der Waals surface area (Å²) in [7, 11) is 3.30. The van der Waals surface area contributed by atoms with Gasteiger partial charge in [-0.1, -0.05) is 24.3 Å². The van der Waals surface area contributed by atoms with Gasteiger partial charge in [0.1, 0.15) is 17.5 Å². The summed E-state index contributed by atoms with van der Waals surface area (Å²) in [6.07, 6.45) is 3.91. The van der Waals surface area contributed by atoms with Crippen LogP contribution < -0.4 is 19.7 Å². The summed E-state index contributed by atoms with van der Waals surface area (Å²) in [6.45, 7) is 2.12. The Morgan fingerprint density at radius 2 is 1.74 bits per heavy atom. The van der Waals surface area contributed by atoms with Gasteiger partial charge in [0.2, 0.25) is 0 Å². The minimum absolute atomic E-state index is 0.154. The van der Waals surface area contributed by atoms with Crippen molar-refractivity contribution in [1.29, 1.82) is 0 Å². The number of para-hydroxylation sites is 1. The molecule has 1 fully saturated rings. The molecule has 0 amide bonds. The van der Waals surface area contributed by atoms with Gasteiger partial charge in [-0.2, -0.15) is 0 Å². The zero-order valence-corrected chi connectivity index (χ0v) is 20.1. The number of ether oxygens (including phenoxy) is 2. The summed E-state index contributed by atoms with van der Waals surface area (Å²) in [6, 6.07) is 24.0. The van der Waals surface area contributed by atoms with E-state index >= 15 is 0 Å². The average Bonchev–Trinajstić information content (AvgIpc) is 3.48. The maximum Gasteiger partial charge on any atom is 0.174 e. The van der Waals surface area contributed by atoms with E-state index in [1.807, 2.05) is 42.6 Å². The van der Waals surface area contributed by atoms with Crippen molar-refractivity contribution in [3.63, 3.8) is 0 Å². The Morgan fingerprint density at radius 3 is 2.47 bits per heavy atom. The number of aromatic nitrogens is 2. The predicted octanol–water partition coefficient (Wildman–Crippen LogP) is 5.38. The summed E-state index contributed by atoms with van der Waals surface area (Å²) in [5, 5.41) is 4.14. The third kappa shape index (κ3) is 3.78. The molecule has 0 bridgehead atoms. The molecule has 2 aromatic heterocycles. The molecule has 0 spiro atoms. The number of nitrogens with zero attached hydrogens (tertiary/aromatic N) is 3. The number of hydrogen-bond donors (Lipinski definition) is 1. The van der Waals surface area contributed by atoms with Gasteiger partial charge in [0.05, 0.1) is 31.6 Å². The molecule has 3 heterocycles. The van der Waals surface area contributed by atoms with Crippen LogP contribution in [0.25, 0.3) is 5.69 Å². The van der Waals surface area contributed by atoms with Crippen LogP contribution >= 0.6 is 12.2 Å². The predicted molar refractivity (Wildman–Crippen MR) is 138 cm³/mol. The molecule has 1 aliphatic rings. The number of hydrogen-bond acceptors (Lipinski definition) is 4. The lowest BCUT2D eigenvalue weighted by Crippen LogP contribution is -2.30. The Hall–Kier alpha value is -3.84. The fraction of sp³-hybridized carbons (Fsp3) is 0.185. The molecule has 2 atom stereocenters. The van der Waals surface area contributed by atoms with Crippen molar-refractivity contribution in [2.45, 2.75) is 19.0 Å². The van der Waals surface area contributed by atoms with E-state index < -0.39 is 0 Å². The van der Waals surface area contributed by atoms with Crippen LogP contribution in [0.4, 0.5) is 5.69 Å². The molecule has 0 radical (unpaired) electrons. The van der Waals surface area contributed by atoms with Crippen LogP contribution in [0.5, 0.6) is 11.5 Å². The third-order valence-corrected chi connectivity index (χ3v) is 6.52. The van der Waals surface area contributed by atoms with Crippen LogP contribution in [0.1, 0.15) is 29.0 Å². The van der Waals surface area contributed by atoms with Crippen molar-refractivity contribution in [1.82, 2.24) is 14.9 Å². The number of rotatable bonds is 6. The van der Waals surface area contributed by atoms with E-state index in [1.165, 1.54) is 5.56 Å². The first kappa shape index (κ1) is 22.0. The van der Waals surface area contributed by atoms with Gasteiger partial charge in [0.15, 0.2) is 5.11 Å². The molecule has 6 nitrogen and oxygen atoms in total. The largest absolute Gasteiger partial charge is 0.497 e. The van der Waals surface area contributed by atoms with Gasteiger partial charge >= 0.3 is 0 Å². The van der Waals surface area contributed by atoms with Gasteiger partial charge in [-0.3, -0.25) is 4.98 Å². The second-order valence-corrected chi connectivity index (χ2v) is 8.51. The summed E-state index contributed by atoms with van der Waals surface area (Å²) in [5.74, 6) is 1.41. The molecule has 0 aliphatic carbocycles. The number of thiocarbonyl (C=S) groups is 1. The fourth-order valence-corrected chi connectivity index (χ4v) is 4.93. The van der Waals surface area contributed by atoms with Crippen LogP contribution in [0.3, 0.4) is 0 Å². The Bertz CT molecular complexity index is 1320. The van der Waals surface area contributed by atoms with Crippen molar-refractivity contribution in [2.75, 3.05) is 19.1 Å². The summed E-state index contributed by atoms with van der Waals surface area (Å²) in [5.41, 5.74) is 5.19. The monoisotopic (exact) mass is 470 g/mol. The van der Waals surface area contributed by atoms with Crippen LogP contribution in [-0.2, 0) is 0 Å². The van der Waals surface area contributed by atoms with Crippen LogP contribution in [0, 0.1) is 6.92 Å². The van der Waals surface area contributed by atoms with E-state index in [2.05, 4.69) is 69.3 Å². The van der Waals surface area contributed by atoms with Crippen LogP contribution in [-0.4, -0.2) is 28.9 Å². The Morgan fingerprint density at radius 1 is 0.912 bits per heavy atom. The van der Waals surface area contributed by atoms with Crippen LogP contribution in [0.2, 0.25) is 0 Å². The molecule has 5 rings (SSSR count). The molecule has 1 aliphatic heterocycles. The number of nitrogens with one attached hydrogen (secondary N) is 1. The van der Waals surface area contributed by atoms with E-state index in [0.717, 1.165) is 28.5 Å². The van der Waals surface area contributed by atoms with Gasteiger partial charge in [-0.25, -0.2) is 0 Å². The molecular formula is C27H26N4O2S. The van der Waals surface area contributed by atoms with Crippen molar-refractivity contribution in [2.24, 2.45) is 0 Å². The highest BCUT2D eigenvalue weighted by Gasteiger charge is 2.43. The van der Waals surface area contributed by atoms with Gasteiger partial charge < -0.3 is 24.3 Å². The quantitative estimate of drug-likeness (QED) is 0.382. The number of pyridine rings is 1. The first-order valence-electron chi connectivity index (χ1n) is 11.1. The summed E-state index contributed by atoms with van der Waals surface area (Å²) < 4.78 is 13.4. The van der Waals surface area contributed by atoms with E-state index in [9.17, 15) is 0 Å². The van der Waals surface area contributed by atoms with E-state index in [1.54, 1.807) is 14.2 Å². The second-order valence-electron chi connectivity index (χ2n) is 8.12. The van der Waals surface area contributed by atoms with Gasteiger partial charge in [0.25, 0.3) is 0 Å². The molecule has 1 N–H and O–H groups in total. The SMILES string of the molecule is COc1ccc(N2C(=S)NC(c3ccccn3)C2c2cccn2-c2ccccc2C)c(OC)c1. The maximum absolute atomic E-state index is 5.90. The number of anilines is 1. The lowest BCUT2D eigenvalue weighted by molar-refractivity contribution is 0.394. The molecule has 1 saturated heterocycles. The minimum Gasteiger partial charge on any atom is -0.497 e. The number of methoxy groups -OCH3 is 2. The highest BCUT2D eigenvalue weighted by molar-refractivity contribution is 7.80. The first-order valence-corrected chi connectivity index (χ1v) is 11.5. The van der Waals surface area contributed by atoms with Crippen molar-refractivity contribution < 1.29 is 9.47 Å². The summed E-state index contributed by atoms with van der Waals surface area (Å²) in [4.78, 5) is 6.79. The molecule has 7 heteroatoms. The zero-order chi connectivity index (χ0) is 23.7. The van der Waals surface area contributed by atoms with E-state index in [4.69, 9.17) is 21.7 Å². The average molecular weight is 471 g/mol. The van der Waals surface area contributed by atoms with E-state index in [-0.39, 0.29) is 12.1 Å². The molecule has 2 aromatic carbocycles. The lowest BCUT2D eigenvalue weighted by Gasteiger charge is -2.30. The highest BCUT2D eigenvalue weighted by atomic mass is 32.1. The van der Waals surface area contributed by atoms with Gasteiger partial charge in [0, 0.05) is 29.8 Å². The topological polar surface area (TPSA) is 51.5 Å². The third-order valence-electron chi connectivity index (χ3n) is 6.20. The Kier molecular flexibility index (Phi) is 5.94. The maximum atomic E-state index is 5.90. The van der Waals surface area contributed by atoms with Crippen molar-refractivity contribution in [3.05, 3.63) is 102 Å². The standard InChI is InChI=1S/C27H26N4O2S/c1-18-9-4-5-11-21(18)30-16-8-12-23(30)26-25(20-10-6-7-15-28-20)29-27(34)31(26)22-14-13-19(32-2)17-24(22)33-3/h4-17,25-26H,1-3H3,(H,29,34). The fourth-order valence-electron chi connectivity index (χ4n) is 4.59. The Labute approximate surface area is 204 Å². The molecular weight excluding hydrogens is 444 g/mol. The van der Waals surface area contributed by atoms with Crippen molar-refractivity contribution >= 4 is 23.0 Å². The first-order chi connectivity index (χ1) is 16.6. The lowest BCUT2D eigenvalue weighted by atomic mass is 10.00. The highest BCUT2D eigenvalue weighted by Crippen LogP contribution is 2.45. The number of aryl methyl sites for hydroxylation is 1. The smallest absolute Gasteiger partial charge is 0.174 e. The summed E-state index contributed by atoms with van der Waals surface area (Å²) >= 11 is 5.90. The zero-order valence-electron chi connectivity index (χ0n) is 19.3.